The van der Waals surface area contributed by atoms with Crippen molar-refractivity contribution in [1.82, 2.24) is 15.3 Å². The summed E-state index contributed by atoms with van der Waals surface area (Å²) in [5, 5.41) is 2.80. The van der Waals surface area contributed by atoms with Gasteiger partial charge in [0.25, 0.3) is 5.91 Å². The molecule has 2 aromatic rings. The number of carbonyl (C=O) groups excluding carboxylic acids is 2. The number of fused-ring (bicyclic) bond motifs is 1. The molecule has 1 fully saturated rings. The molecule has 1 aliphatic rings. The second kappa shape index (κ2) is 5.47. The first kappa shape index (κ1) is 13.5. The number of hydrogen-bond donors (Lipinski definition) is 1. The van der Waals surface area contributed by atoms with Crippen molar-refractivity contribution in [3.8, 4) is 0 Å². The smallest absolute Gasteiger partial charge is 0.338 e. The fourth-order valence-electron chi connectivity index (χ4n) is 1.92. The van der Waals surface area contributed by atoms with Crippen LogP contribution >= 0.6 is 0 Å². The first-order valence-corrected chi connectivity index (χ1v) is 6.85. The van der Waals surface area contributed by atoms with Crippen LogP contribution in [0.4, 0.5) is 0 Å². The van der Waals surface area contributed by atoms with Gasteiger partial charge >= 0.3 is 5.97 Å². The number of hydrogen-bond acceptors (Lipinski definition) is 5. The second-order valence-corrected chi connectivity index (χ2v) is 5.09. The van der Waals surface area contributed by atoms with Crippen LogP contribution in [0.1, 0.15) is 30.1 Å². The number of amides is 1. The normalized spacial score (nSPS) is 15.5. The Morgan fingerprint density at radius 3 is 2.67 bits per heavy atom. The van der Waals surface area contributed by atoms with E-state index in [-0.39, 0.29) is 11.9 Å². The van der Waals surface area contributed by atoms with Crippen LogP contribution in [0.15, 0.2) is 30.6 Å². The molecule has 0 bridgehead atoms. The molecule has 1 aromatic heterocycles. The zero-order valence-corrected chi connectivity index (χ0v) is 11.6. The average molecular weight is 285 g/mol. The topological polar surface area (TPSA) is 81.2 Å². The van der Waals surface area contributed by atoms with E-state index in [1.807, 2.05) is 0 Å². The van der Waals surface area contributed by atoms with Crippen LogP contribution in [-0.4, -0.2) is 34.0 Å². The minimum Gasteiger partial charge on any atom is -0.449 e. The lowest BCUT2D eigenvalue weighted by Crippen LogP contribution is -2.37. The van der Waals surface area contributed by atoms with E-state index in [1.54, 1.807) is 37.5 Å². The van der Waals surface area contributed by atoms with Gasteiger partial charge in [-0.1, -0.05) is 0 Å². The highest BCUT2D eigenvalue weighted by Gasteiger charge is 2.27. The van der Waals surface area contributed by atoms with Crippen molar-refractivity contribution in [2.24, 2.45) is 0 Å². The molecule has 3 rings (SSSR count). The molecule has 0 saturated heterocycles. The van der Waals surface area contributed by atoms with E-state index in [0.29, 0.717) is 16.6 Å². The number of aromatic nitrogens is 2. The average Bonchev–Trinajstić information content (AvgIpc) is 3.30. The number of nitrogens with zero attached hydrogens (tertiary/aromatic N) is 2. The summed E-state index contributed by atoms with van der Waals surface area (Å²) < 4.78 is 5.18. The lowest BCUT2D eigenvalue weighted by atomic mass is 10.2. The summed E-state index contributed by atoms with van der Waals surface area (Å²) >= 11 is 0. The number of esters is 1. The van der Waals surface area contributed by atoms with Gasteiger partial charge < -0.3 is 10.1 Å². The molecule has 1 aliphatic carbocycles. The third kappa shape index (κ3) is 3.16. The number of nitrogens with one attached hydrogen (secondary N) is 1. The summed E-state index contributed by atoms with van der Waals surface area (Å²) in [7, 11) is 0. The zero-order chi connectivity index (χ0) is 14.8. The molecule has 6 heteroatoms. The summed E-state index contributed by atoms with van der Waals surface area (Å²) in [6.07, 6.45) is 4.33. The Morgan fingerprint density at radius 2 is 1.95 bits per heavy atom. The van der Waals surface area contributed by atoms with Gasteiger partial charge in [0.2, 0.25) is 0 Å². The molecule has 1 heterocycles. The Labute approximate surface area is 121 Å². The summed E-state index contributed by atoms with van der Waals surface area (Å²) in [6.45, 7) is 1.57. The Hall–Kier alpha value is -2.50. The quantitative estimate of drug-likeness (QED) is 0.860. The molecule has 0 aliphatic heterocycles. The highest BCUT2D eigenvalue weighted by Crippen LogP contribution is 2.19. The lowest BCUT2D eigenvalue weighted by Gasteiger charge is -2.13. The van der Waals surface area contributed by atoms with Crippen molar-refractivity contribution in [2.75, 3.05) is 0 Å². The molecule has 1 amide bonds. The van der Waals surface area contributed by atoms with Crippen molar-refractivity contribution in [3.63, 3.8) is 0 Å². The van der Waals surface area contributed by atoms with E-state index < -0.39 is 12.1 Å². The van der Waals surface area contributed by atoms with Crippen molar-refractivity contribution in [3.05, 3.63) is 36.2 Å². The van der Waals surface area contributed by atoms with Crippen LogP contribution in [0.5, 0.6) is 0 Å². The molecular formula is C15H15N3O3. The van der Waals surface area contributed by atoms with Gasteiger partial charge in [-0.3, -0.25) is 14.8 Å². The Balaban J connectivity index is 1.69. The van der Waals surface area contributed by atoms with Crippen LogP contribution in [0.3, 0.4) is 0 Å². The van der Waals surface area contributed by atoms with E-state index in [1.165, 1.54) is 0 Å². The van der Waals surface area contributed by atoms with Crippen LogP contribution in [0, 0.1) is 0 Å². The third-order valence-corrected chi connectivity index (χ3v) is 3.28. The SMILES string of the molecule is C[C@@H](OC(=O)c1ccc2nccnc2c1)C(=O)NC1CC1. The van der Waals surface area contributed by atoms with Gasteiger partial charge in [-0.2, -0.15) is 0 Å². The van der Waals surface area contributed by atoms with Gasteiger partial charge in [-0.25, -0.2) is 4.79 Å². The van der Waals surface area contributed by atoms with Crippen LogP contribution < -0.4 is 5.32 Å². The maximum Gasteiger partial charge on any atom is 0.338 e. The number of carbonyl (C=O) groups is 2. The van der Waals surface area contributed by atoms with Crippen LogP contribution in [0.2, 0.25) is 0 Å². The summed E-state index contributed by atoms with van der Waals surface area (Å²) in [5.74, 6) is -0.799. The predicted molar refractivity (Wildman–Crippen MR) is 75.6 cm³/mol. The molecule has 1 atom stereocenters. The molecule has 108 valence electrons. The minimum atomic E-state index is -0.810. The third-order valence-electron chi connectivity index (χ3n) is 3.28. The van der Waals surface area contributed by atoms with Crippen molar-refractivity contribution >= 4 is 22.9 Å². The molecule has 1 saturated carbocycles. The standard InChI is InChI=1S/C15H15N3O3/c1-9(14(19)18-11-3-4-11)21-15(20)10-2-5-12-13(8-10)17-7-6-16-12/h2,5-9,11H,3-4H2,1H3,(H,18,19)/t9-/m1/s1. The van der Waals surface area contributed by atoms with Gasteiger partial charge in [0, 0.05) is 18.4 Å². The van der Waals surface area contributed by atoms with E-state index in [0.717, 1.165) is 12.8 Å². The van der Waals surface area contributed by atoms with Crippen molar-refractivity contribution in [1.29, 1.82) is 0 Å². The molecule has 0 unspecified atom stereocenters. The van der Waals surface area contributed by atoms with Crippen LogP contribution in [0.25, 0.3) is 11.0 Å². The number of ether oxygens (including phenoxy) is 1. The first-order chi connectivity index (χ1) is 10.1. The number of benzene rings is 1. The van der Waals surface area contributed by atoms with Gasteiger partial charge in [-0.05, 0) is 38.0 Å². The second-order valence-electron chi connectivity index (χ2n) is 5.09. The van der Waals surface area contributed by atoms with E-state index >= 15 is 0 Å². The highest BCUT2D eigenvalue weighted by atomic mass is 16.5. The lowest BCUT2D eigenvalue weighted by molar-refractivity contribution is -0.129. The number of rotatable bonds is 4. The Morgan fingerprint density at radius 1 is 1.24 bits per heavy atom. The summed E-state index contributed by atoms with van der Waals surface area (Å²) in [6, 6.07) is 5.17. The van der Waals surface area contributed by atoms with Crippen LogP contribution in [-0.2, 0) is 9.53 Å². The first-order valence-electron chi connectivity index (χ1n) is 6.85. The molecule has 1 aromatic carbocycles. The van der Waals surface area contributed by atoms with Gasteiger partial charge in [0.1, 0.15) is 0 Å². The zero-order valence-electron chi connectivity index (χ0n) is 11.6. The Kier molecular flexibility index (Phi) is 3.51. The minimum absolute atomic E-state index is 0.245. The fraction of sp³-hybridized carbons (Fsp3) is 0.333. The monoisotopic (exact) mass is 285 g/mol. The predicted octanol–water partition coefficient (Wildman–Crippen LogP) is 1.45. The Bertz CT molecular complexity index is 697. The maximum atomic E-state index is 12.1. The molecular weight excluding hydrogens is 270 g/mol. The fourth-order valence-corrected chi connectivity index (χ4v) is 1.92. The summed E-state index contributed by atoms with van der Waals surface area (Å²) in [5.41, 5.74) is 1.67. The molecule has 6 nitrogen and oxygen atoms in total. The van der Waals surface area contributed by atoms with Gasteiger partial charge in [0.15, 0.2) is 6.10 Å². The van der Waals surface area contributed by atoms with E-state index in [9.17, 15) is 9.59 Å². The van der Waals surface area contributed by atoms with Crippen molar-refractivity contribution < 1.29 is 14.3 Å². The highest BCUT2D eigenvalue weighted by molar-refractivity contribution is 5.95. The largest absolute Gasteiger partial charge is 0.449 e. The molecule has 0 radical (unpaired) electrons. The molecule has 1 N–H and O–H groups in total. The van der Waals surface area contributed by atoms with E-state index in [4.69, 9.17) is 4.74 Å². The van der Waals surface area contributed by atoms with Gasteiger partial charge in [-0.15, -0.1) is 0 Å². The van der Waals surface area contributed by atoms with Gasteiger partial charge in [0.05, 0.1) is 16.6 Å². The molecule has 21 heavy (non-hydrogen) atoms. The maximum absolute atomic E-state index is 12.1. The summed E-state index contributed by atoms with van der Waals surface area (Å²) in [4.78, 5) is 32.1. The van der Waals surface area contributed by atoms with E-state index in [2.05, 4.69) is 15.3 Å². The molecule has 0 spiro atoms. The van der Waals surface area contributed by atoms with Crippen molar-refractivity contribution in [2.45, 2.75) is 31.9 Å².